The number of urea groups is 1. The van der Waals surface area contributed by atoms with E-state index in [0.717, 1.165) is 12.8 Å². The fourth-order valence-corrected chi connectivity index (χ4v) is 4.48. The number of carbonyl (C=O) groups excluding carboxylic acids is 2. The van der Waals surface area contributed by atoms with Crippen LogP contribution in [-0.4, -0.2) is 43.8 Å². The molecule has 8 nitrogen and oxygen atoms in total. The Bertz CT molecular complexity index is 758. The van der Waals surface area contributed by atoms with Gasteiger partial charge in [-0.15, -0.1) is 0 Å². The Morgan fingerprint density at radius 1 is 1.23 bits per heavy atom. The lowest BCUT2D eigenvalue weighted by atomic mass is 10.0. The molecule has 1 aliphatic heterocycles. The molecule has 1 heterocycles. The third-order valence-electron chi connectivity index (χ3n) is 4.14. The largest absolute Gasteiger partial charge is 0.352 e. The lowest BCUT2D eigenvalue weighted by molar-refractivity contribution is -0.118. The van der Waals surface area contributed by atoms with Gasteiger partial charge in [0.25, 0.3) is 0 Å². The molecule has 0 saturated carbocycles. The van der Waals surface area contributed by atoms with Gasteiger partial charge in [0, 0.05) is 18.8 Å². The number of hydrogen-bond acceptors (Lipinski definition) is 4. The Hall–Kier alpha value is -2.13. The van der Waals surface area contributed by atoms with E-state index in [1.165, 1.54) is 16.4 Å². The molecular weight excluding hydrogens is 356 g/mol. The highest BCUT2D eigenvalue weighted by atomic mass is 32.2. The van der Waals surface area contributed by atoms with Crippen LogP contribution < -0.4 is 16.4 Å². The van der Waals surface area contributed by atoms with Crippen LogP contribution >= 0.6 is 0 Å². The first-order valence-corrected chi connectivity index (χ1v) is 10.1. The highest BCUT2D eigenvalue weighted by molar-refractivity contribution is 7.89. The minimum absolute atomic E-state index is 0.139. The second kappa shape index (κ2) is 8.50. The van der Waals surface area contributed by atoms with Crippen LogP contribution in [0.1, 0.15) is 33.1 Å². The monoisotopic (exact) mass is 382 g/mol. The molecule has 2 rings (SSSR count). The van der Waals surface area contributed by atoms with E-state index in [2.05, 4.69) is 10.6 Å². The number of nitrogens with two attached hydrogens (primary N) is 1. The van der Waals surface area contributed by atoms with Crippen molar-refractivity contribution in [3.8, 4) is 0 Å². The Balaban J connectivity index is 2.16. The first-order chi connectivity index (χ1) is 12.2. The third kappa shape index (κ3) is 5.18. The van der Waals surface area contributed by atoms with Crippen molar-refractivity contribution < 1.29 is 18.0 Å². The van der Waals surface area contributed by atoms with Crippen molar-refractivity contribution in [1.29, 1.82) is 0 Å². The summed E-state index contributed by atoms with van der Waals surface area (Å²) < 4.78 is 26.7. The van der Waals surface area contributed by atoms with Gasteiger partial charge in [0.2, 0.25) is 15.9 Å². The summed E-state index contributed by atoms with van der Waals surface area (Å²) in [6, 6.07) is 4.57. The van der Waals surface area contributed by atoms with Crippen LogP contribution in [0.5, 0.6) is 0 Å². The predicted octanol–water partition coefficient (Wildman–Crippen LogP) is 1.49. The molecule has 4 N–H and O–H groups in total. The van der Waals surface area contributed by atoms with Crippen molar-refractivity contribution >= 4 is 27.6 Å². The van der Waals surface area contributed by atoms with E-state index in [1.54, 1.807) is 12.1 Å². The zero-order valence-corrected chi connectivity index (χ0v) is 15.9. The quantitative estimate of drug-likeness (QED) is 0.661. The van der Waals surface area contributed by atoms with E-state index in [4.69, 9.17) is 5.73 Å². The third-order valence-corrected chi connectivity index (χ3v) is 6.04. The van der Waals surface area contributed by atoms with Crippen LogP contribution in [0, 0.1) is 5.92 Å². The topological polar surface area (TPSA) is 122 Å². The number of carbonyl (C=O) groups is 2. The van der Waals surface area contributed by atoms with Gasteiger partial charge in [-0.05, 0) is 43.4 Å². The summed E-state index contributed by atoms with van der Waals surface area (Å²) in [6.07, 6.45) is 2.12. The average Bonchev–Trinajstić information content (AvgIpc) is 3.09. The van der Waals surface area contributed by atoms with Gasteiger partial charge in [-0.2, -0.15) is 4.31 Å². The zero-order valence-electron chi connectivity index (χ0n) is 15.1. The van der Waals surface area contributed by atoms with Gasteiger partial charge in [-0.3, -0.25) is 4.79 Å². The number of primary amides is 1. The van der Waals surface area contributed by atoms with E-state index in [-0.39, 0.29) is 10.8 Å². The summed E-state index contributed by atoms with van der Waals surface area (Å²) in [5.74, 6) is -0.271. The molecule has 0 spiro atoms. The molecule has 1 atom stereocenters. The Morgan fingerprint density at radius 2 is 1.88 bits per heavy atom. The van der Waals surface area contributed by atoms with Crippen LogP contribution in [-0.2, 0) is 14.8 Å². The molecule has 3 amide bonds. The maximum Gasteiger partial charge on any atom is 0.312 e. The second-order valence-corrected chi connectivity index (χ2v) is 8.76. The summed E-state index contributed by atoms with van der Waals surface area (Å²) in [6.45, 7) is 4.87. The lowest BCUT2D eigenvalue weighted by Crippen LogP contribution is -2.46. The highest BCUT2D eigenvalue weighted by Gasteiger charge is 2.27. The molecule has 1 aromatic rings. The second-order valence-electron chi connectivity index (χ2n) is 6.82. The zero-order chi connectivity index (χ0) is 19.3. The van der Waals surface area contributed by atoms with Crippen LogP contribution in [0.3, 0.4) is 0 Å². The van der Waals surface area contributed by atoms with Gasteiger partial charge in [-0.1, -0.05) is 19.9 Å². The van der Waals surface area contributed by atoms with Gasteiger partial charge in [-0.25, -0.2) is 13.2 Å². The van der Waals surface area contributed by atoms with Crippen LogP contribution in [0.25, 0.3) is 0 Å². The molecule has 144 valence electrons. The number of nitrogens with zero attached hydrogens (tertiary/aromatic N) is 1. The van der Waals surface area contributed by atoms with E-state index in [1.807, 2.05) is 13.8 Å². The SMILES string of the molecule is CC(C)C[C@H](NC(N)=O)C(=O)Nc1cccc(S(=O)(=O)N2CCCC2)c1. The van der Waals surface area contributed by atoms with Crippen LogP contribution in [0.2, 0.25) is 0 Å². The average molecular weight is 382 g/mol. The summed E-state index contributed by atoms with van der Waals surface area (Å²) in [5.41, 5.74) is 5.49. The van der Waals surface area contributed by atoms with Gasteiger partial charge < -0.3 is 16.4 Å². The summed E-state index contributed by atoms with van der Waals surface area (Å²) in [5, 5.41) is 5.08. The summed E-state index contributed by atoms with van der Waals surface area (Å²) in [4.78, 5) is 23.7. The van der Waals surface area contributed by atoms with E-state index in [0.29, 0.717) is 25.2 Å². The van der Waals surface area contributed by atoms with E-state index >= 15 is 0 Å². The molecule has 9 heteroatoms. The highest BCUT2D eigenvalue weighted by Crippen LogP contribution is 2.23. The number of nitrogens with one attached hydrogen (secondary N) is 2. The molecular formula is C17H26N4O4S. The fourth-order valence-electron chi connectivity index (χ4n) is 2.92. The minimum Gasteiger partial charge on any atom is -0.352 e. The smallest absolute Gasteiger partial charge is 0.312 e. The van der Waals surface area contributed by atoms with Crippen molar-refractivity contribution in [3.63, 3.8) is 0 Å². The number of benzene rings is 1. The first kappa shape index (κ1) is 20.2. The molecule has 0 aliphatic carbocycles. The van der Waals surface area contributed by atoms with Crippen molar-refractivity contribution in [3.05, 3.63) is 24.3 Å². The molecule has 0 radical (unpaired) electrons. The Kier molecular flexibility index (Phi) is 6.60. The summed E-state index contributed by atoms with van der Waals surface area (Å²) >= 11 is 0. The molecule has 26 heavy (non-hydrogen) atoms. The lowest BCUT2D eigenvalue weighted by Gasteiger charge is -2.20. The van der Waals surface area contributed by atoms with Gasteiger partial charge >= 0.3 is 6.03 Å². The number of anilines is 1. The van der Waals surface area contributed by atoms with Gasteiger partial charge in [0.1, 0.15) is 6.04 Å². The summed E-state index contributed by atoms with van der Waals surface area (Å²) in [7, 11) is -3.56. The van der Waals surface area contributed by atoms with E-state index in [9.17, 15) is 18.0 Å². The number of rotatable bonds is 7. The van der Waals surface area contributed by atoms with Crippen molar-refractivity contribution in [1.82, 2.24) is 9.62 Å². The van der Waals surface area contributed by atoms with Crippen molar-refractivity contribution in [2.24, 2.45) is 11.7 Å². The van der Waals surface area contributed by atoms with Gasteiger partial charge in [0.15, 0.2) is 0 Å². The maximum atomic E-state index is 12.6. The molecule has 1 aliphatic rings. The van der Waals surface area contributed by atoms with E-state index < -0.39 is 28.0 Å². The standard InChI is InChI=1S/C17H26N4O4S/c1-12(2)10-15(20-17(18)23)16(22)19-13-6-5-7-14(11-13)26(24,25)21-8-3-4-9-21/h5-7,11-12,15H,3-4,8-10H2,1-2H3,(H,19,22)(H3,18,20,23)/t15-/m0/s1. The minimum atomic E-state index is -3.56. The van der Waals surface area contributed by atoms with Crippen molar-refractivity contribution in [2.75, 3.05) is 18.4 Å². The van der Waals surface area contributed by atoms with Crippen LogP contribution in [0.15, 0.2) is 29.2 Å². The number of amides is 3. The van der Waals surface area contributed by atoms with Crippen LogP contribution in [0.4, 0.5) is 10.5 Å². The Morgan fingerprint density at radius 3 is 2.46 bits per heavy atom. The molecule has 0 aromatic heterocycles. The molecule has 0 unspecified atom stereocenters. The van der Waals surface area contributed by atoms with Crippen molar-refractivity contribution in [2.45, 2.75) is 44.0 Å². The predicted molar refractivity (Wildman–Crippen MR) is 99.0 cm³/mol. The number of sulfonamides is 1. The molecule has 1 saturated heterocycles. The number of hydrogen-bond donors (Lipinski definition) is 3. The molecule has 1 aromatic carbocycles. The molecule has 0 bridgehead atoms. The van der Waals surface area contributed by atoms with Gasteiger partial charge in [0.05, 0.1) is 4.90 Å². The first-order valence-electron chi connectivity index (χ1n) is 8.67. The fraction of sp³-hybridized carbons (Fsp3) is 0.529. The normalized spacial score (nSPS) is 16.4. The Labute approximate surface area is 154 Å². The maximum absolute atomic E-state index is 12.6. The molecule has 1 fully saturated rings.